The molecule has 0 amide bonds. The molecule has 1 rings (SSSR count). The number of hydrogen-bond donors (Lipinski definition) is 1. The van der Waals surface area contributed by atoms with Crippen LogP contribution < -0.4 is 0 Å². The van der Waals surface area contributed by atoms with E-state index in [2.05, 4.69) is 90.2 Å². The summed E-state index contributed by atoms with van der Waals surface area (Å²) in [6.45, 7) is 19.2. The first-order chi connectivity index (χ1) is 11.7. The molecule has 0 aliphatic rings. The number of rotatable bonds is 7. The molecule has 1 unspecified atom stereocenters. The van der Waals surface area contributed by atoms with E-state index in [9.17, 15) is 0 Å². The lowest BCUT2D eigenvalue weighted by atomic mass is 9.86. The first kappa shape index (κ1) is 23.8. The first-order valence-electron chi connectivity index (χ1n) is 9.47. The fraction of sp³-hybridized carbons (Fsp3) is 0.500. The second kappa shape index (κ2) is 12.2. The molecule has 0 heterocycles. The highest BCUT2D eigenvalue weighted by atomic mass is 32.1. The third-order valence-electron chi connectivity index (χ3n) is 4.36. The van der Waals surface area contributed by atoms with Crippen molar-refractivity contribution in [2.24, 2.45) is 5.92 Å². The number of thiol groups is 1. The average Bonchev–Trinajstić information content (AvgIpc) is 2.60. The highest BCUT2D eigenvalue weighted by Crippen LogP contribution is 2.23. The summed E-state index contributed by atoms with van der Waals surface area (Å²) in [5, 5.41) is 0. The minimum Gasteiger partial charge on any atom is -0.175 e. The Bertz CT molecular complexity index is 553. The quantitative estimate of drug-likeness (QED) is 0.377. The molecule has 140 valence electrons. The Kier molecular flexibility index (Phi) is 11.6. The van der Waals surface area contributed by atoms with Crippen LogP contribution >= 0.6 is 12.6 Å². The van der Waals surface area contributed by atoms with E-state index in [1.165, 1.54) is 23.1 Å². The van der Waals surface area contributed by atoms with Crippen molar-refractivity contribution in [2.45, 2.75) is 66.7 Å². The lowest BCUT2D eigenvalue weighted by Gasteiger charge is -2.19. The Morgan fingerprint density at radius 2 is 1.72 bits per heavy atom. The van der Waals surface area contributed by atoms with E-state index in [0.717, 1.165) is 12.0 Å². The van der Waals surface area contributed by atoms with Gasteiger partial charge in [-0.3, -0.25) is 0 Å². The van der Waals surface area contributed by atoms with Crippen LogP contribution in [0.15, 0.2) is 60.2 Å². The average molecular weight is 359 g/mol. The number of benzene rings is 1. The van der Waals surface area contributed by atoms with Gasteiger partial charge in [-0.15, -0.1) is 0 Å². The van der Waals surface area contributed by atoms with Crippen molar-refractivity contribution in [3.63, 3.8) is 0 Å². The smallest absolute Gasteiger partial charge is 0.0148 e. The number of aryl methyl sites for hydroxylation is 1. The molecule has 1 atom stereocenters. The van der Waals surface area contributed by atoms with Crippen molar-refractivity contribution in [3.8, 4) is 0 Å². The lowest BCUT2D eigenvalue weighted by Crippen LogP contribution is -2.10. The molecule has 1 aromatic rings. The second-order valence-electron chi connectivity index (χ2n) is 7.47. The largest absolute Gasteiger partial charge is 0.175 e. The van der Waals surface area contributed by atoms with E-state index < -0.39 is 0 Å². The van der Waals surface area contributed by atoms with Crippen LogP contribution in [0.25, 0.3) is 0 Å². The molecule has 0 aliphatic carbocycles. The van der Waals surface area contributed by atoms with Crippen molar-refractivity contribution in [1.29, 1.82) is 0 Å². The highest BCUT2D eigenvalue weighted by Gasteiger charge is 2.13. The normalized spacial score (nSPS) is 13.4. The van der Waals surface area contributed by atoms with E-state index in [0.29, 0.717) is 11.7 Å². The lowest BCUT2D eigenvalue weighted by molar-refractivity contribution is 0.588. The molecule has 0 fully saturated rings. The van der Waals surface area contributed by atoms with Gasteiger partial charge in [-0.05, 0) is 47.8 Å². The molecule has 0 N–H and O–H groups in total. The Balaban J connectivity index is 0.00000277. The van der Waals surface area contributed by atoms with Gasteiger partial charge in [-0.2, -0.15) is 12.6 Å². The summed E-state index contributed by atoms with van der Waals surface area (Å²) in [5.41, 5.74) is 5.52. The van der Waals surface area contributed by atoms with Crippen LogP contribution in [-0.2, 0) is 11.8 Å². The molecule has 1 heteroatoms. The molecule has 0 saturated carbocycles. The summed E-state index contributed by atoms with van der Waals surface area (Å²) in [6, 6.07) is 9.11. The topological polar surface area (TPSA) is 0 Å². The second-order valence-corrected chi connectivity index (χ2v) is 7.79. The molecule has 0 bridgehead atoms. The molecule has 0 saturated heterocycles. The van der Waals surface area contributed by atoms with Crippen LogP contribution in [0.3, 0.4) is 0 Å². The summed E-state index contributed by atoms with van der Waals surface area (Å²) in [4.78, 5) is 0. The van der Waals surface area contributed by atoms with Crippen LogP contribution in [0.4, 0.5) is 0 Å². The molecular weight excluding hydrogens is 320 g/mol. The van der Waals surface area contributed by atoms with Crippen molar-refractivity contribution in [3.05, 3.63) is 71.3 Å². The number of allylic oxidation sites excluding steroid dienone is 4. The Labute approximate surface area is 162 Å². The summed E-state index contributed by atoms with van der Waals surface area (Å²) in [6.07, 6.45) is 8.63. The standard InChI is InChI=1S/C22H32S.C2H6/c1-17(16-23)8-7-9-18(2)19(3)10-11-20-12-14-21(15-13-20)22(4,5)6;1-2/h7-9,12-15,19,23H,1,10-11,16H2,2-6H3;1-2H3/b8-7-,18-9+;. The van der Waals surface area contributed by atoms with Crippen LogP contribution in [0.5, 0.6) is 0 Å². The van der Waals surface area contributed by atoms with Gasteiger partial charge in [0.1, 0.15) is 0 Å². The predicted molar refractivity (Wildman–Crippen MR) is 120 cm³/mol. The molecule has 0 nitrogen and oxygen atoms in total. The van der Waals surface area contributed by atoms with Crippen LogP contribution in [0.1, 0.15) is 66.0 Å². The Hall–Kier alpha value is -1.21. The zero-order chi connectivity index (χ0) is 19.5. The molecule has 0 aromatic heterocycles. The van der Waals surface area contributed by atoms with Crippen molar-refractivity contribution < 1.29 is 0 Å². The van der Waals surface area contributed by atoms with Crippen LogP contribution in [0, 0.1) is 5.92 Å². The van der Waals surface area contributed by atoms with Crippen molar-refractivity contribution in [1.82, 2.24) is 0 Å². The highest BCUT2D eigenvalue weighted by molar-refractivity contribution is 7.80. The first-order valence-corrected chi connectivity index (χ1v) is 10.1. The molecule has 0 spiro atoms. The molecule has 0 aliphatic heterocycles. The number of hydrogen-bond acceptors (Lipinski definition) is 1. The molecular formula is C24H38S. The van der Waals surface area contributed by atoms with Gasteiger partial charge >= 0.3 is 0 Å². The van der Waals surface area contributed by atoms with E-state index in [4.69, 9.17) is 0 Å². The Morgan fingerprint density at radius 1 is 1.16 bits per heavy atom. The van der Waals surface area contributed by atoms with Crippen molar-refractivity contribution in [2.75, 3.05) is 5.75 Å². The SMILES string of the molecule is C=C(/C=C\C=C(/C)C(C)CCc1ccc(C(C)(C)C)cc1)CS.CC. The predicted octanol–water partition coefficient (Wildman–Crippen LogP) is 7.57. The zero-order valence-corrected chi connectivity index (χ0v) is 18.3. The van der Waals surface area contributed by atoms with Crippen LogP contribution in [-0.4, -0.2) is 5.75 Å². The van der Waals surface area contributed by atoms with Gasteiger partial charge in [-0.25, -0.2) is 0 Å². The third kappa shape index (κ3) is 9.75. The fourth-order valence-electron chi connectivity index (χ4n) is 2.34. The van der Waals surface area contributed by atoms with Gasteiger partial charge in [0.05, 0.1) is 0 Å². The van der Waals surface area contributed by atoms with E-state index in [1.807, 2.05) is 19.9 Å². The van der Waals surface area contributed by atoms with E-state index >= 15 is 0 Å². The summed E-state index contributed by atoms with van der Waals surface area (Å²) in [5.74, 6) is 1.30. The molecule has 0 radical (unpaired) electrons. The van der Waals surface area contributed by atoms with Gasteiger partial charge in [0.25, 0.3) is 0 Å². The van der Waals surface area contributed by atoms with E-state index in [1.54, 1.807) is 0 Å². The maximum absolute atomic E-state index is 4.21. The summed E-state index contributed by atoms with van der Waals surface area (Å²) >= 11 is 4.21. The Morgan fingerprint density at radius 3 is 2.20 bits per heavy atom. The van der Waals surface area contributed by atoms with Gasteiger partial charge in [0, 0.05) is 5.75 Å². The maximum Gasteiger partial charge on any atom is 0.0148 e. The summed E-state index contributed by atoms with van der Waals surface area (Å²) in [7, 11) is 0. The third-order valence-corrected chi connectivity index (χ3v) is 4.76. The fourth-order valence-corrected chi connectivity index (χ4v) is 2.44. The van der Waals surface area contributed by atoms with Crippen molar-refractivity contribution >= 4 is 12.6 Å². The zero-order valence-electron chi connectivity index (χ0n) is 17.4. The van der Waals surface area contributed by atoms with Gasteiger partial charge in [0.15, 0.2) is 0 Å². The monoisotopic (exact) mass is 358 g/mol. The van der Waals surface area contributed by atoms with Gasteiger partial charge < -0.3 is 0 Å². The molecule has 25 heavy (non-hydrogen) atoms. The minimum absolute atomic E-state index is 0.231. The van der Waals surface area contributed by atoms with Gasteiger partial charge in [-0.1, -0.05) is 96.2 Å². The van der Waals surface area contributed by atoms with Gasteiger partial charge in [0.2, 0.25) is 0 Å². The summed E-state index contributed by atoms with van der Waals surface area (Å²) < 4.78 is 0. The molecule has 1 aromatic carbocycles. The van der Waals surface area contributed by atoms with Crippen LogP contribution in [0.2, 0.25) is 0 Å². The van der Waals surface area contributed by atoms with E-state index in [-0.39, 0.29) is 5.41 Å². The minimum atomic E-state index is 0.231. The maximum atomic E-state index is 4.21.